The van der Waals surface area contributed by atoms with Crippen LogP contribution in [-0.2, 0) is 12.8 Å². The summed E-state index contributed by atoms with van der Waals surface area (Å²) in [5.74, 6) is 0.963. The molecule has 0 spiro atoms. The third kappa shape index (κ3) is 5.01. The van der Waals surface area contributed by atoms with Crippen molar-refractivity contribution in [2.24, 2.45) is 5.92 Å². The standard InChI is InChI=1S/C19H30/c1-2-3-4-5-6-7-8-11-17-14-15-18-12-9-10-13-19(18)16-17/h9-10,12-13,17H,2-8,11,14-16H2,1H3. The van der Waals surface area contributed by atoms with Crippen molar-refractivity contribution in [1.82, 2.24) is 0 Å². The van der Waals surface area contributed by atoms with Gasteiger partial charge in [0.1, 0.15) is 0 Å². The van der Waals surface area contributed by atoms with E-state index in [1.807, 2.05) is 0 Å². The summed E-state index contributed by atoms with van der Waals surface area (Å²) in [7, 11) is 0. The Morgan fingerprint density at radius 2 is 1.58 bits per heavy atom. The van der Waals surface area contributed by atoms with Crippen LogP contribution in [0.1, 0.15) is 75.8 Å². The van der Waals surface area contributed by atoms with Crippen LogP contribution in [0, 0.1) is 5.92 Å². The average molecular weight is 258 g/mol. The van der Waals surface area contributed by atoms with Crippen LogP contribution in [-0.4, -0.2) is 0 Å². The Labute approximate surface area is 119 Å². The van der Waals surface area contributed by atoms with E-state index in [2.05, 4.69) is 31.2 Å². The van der Waals surface area contributed by atoms with Crippen LogP contribution in [0.4, 0.5) is 0 Å². The highest BCUT2D eigenvalue weighted by atomic mass is 14.2. The Balaban J connectivity index is 1.58. The van der Waals surface area contributed by atoms with Gasteiger partial charge in [-0.15, -0.1) is 0 Å². The number of aryl methyl sites for hydroxylation is 1. The summed E-state index contributed by atoms with van der Waals surface area (Å²) in [6.07, 6.45) is 15.6. The minimum atomic E-state index is 0.963. The number of hydrogen-bond donors (Lipinski definition) is 0. The van der Waals surface area contributed by atoms with E-state index in [1.165, 1.54) is 70.6 Å². The molecule has 0 aromatic heterocycles. The van der Waals surface area contributed by atoms with Gasteiger partial charge in [-0.1, -0.05) is 82.6 Å². The number of fused-ring (bicyclic) bond motifs is 1. The van der Waals surface area contributed by atoms with Gasteiger partial charge < -0.3 is 0 Å². The normalized spacial score (nSPS) is 18.3. The van der Waals surface area contributed by atoms with Gasteiger partial charge in [-0.3, -0.25) is 0 Å². The molecule has 0 radical (unpaired) electrons. The van der Waals surface area contributed by atoms with Crippen molar-refractivity contribution in [3.05, 3.63) is 35.4 Å². The lowest BCUT2D eigenvalue weighted by Gasteiger charge is -2.24. The van der Waals surface area contributed by atoms with Gasteiger partial charge in [-0.25, -0.2) is 0 Å². The molecule has 1 unspecified atom stereocenters. The molecule has 0 aliphatic heterocycles. The maximum atomic E-state index is 2.34. The van der Waals surface area contributed by atoms with E-state index in [-0.39, 0.29) is 0 Å². The second-order valence-corrected chi connectivity index (χ2v) is 6.29. The lowest BCUT2D eigenvalue weighted by atomic mass is 9.81. The van der Waals surface area contributed by atoms with Crippen LogP contribution in [0.3, 0.4) is 0 Å². The zero-order chi connectivity index (χ0) is 13.3. The Kier molecular flexibility index (Phi) is 6.47. The van der Waals surface area contributed by atoms with Crippen molar-refractivity contribution < 1.29 is 0 Å². The van der Waals surface area contributed by atoms with Crippen molar-refractivity contribution in [2.75, 3.05) is 0 Å². The number of benzene rings is 1. The van der Waals surface area contributed by atoms with Crippen molar-refractivity contribution in [2.45, 2.75) is 77.6 Å². The van der Waals surface area contributed by atoms with Gasteiger partial charge in [-0.2, -0.15) is 0 Å². The Morgan fingerprint density at radius 1 is 0.895 bits per heavy atom. The highest BCUT2D eigenvalue weighted by molar-refractivity contribution is 5.29. The summed E-state index contributed by atoms with van der Waals surface area (Å²) >= 11 is 0. The van der Waals surface area contributed by atoms with Crippen molar-refractivity contribution in [3.63, 3.8) is 0 Å². The Bertz CT molecular complexity index is 353. The molecule has 0 saturated carbocycles. The van der Waals surface area contributed by atoms with E-state index in [0.717, 1.165) is 5.92 Å². The van der Waals surface area contributed by atoms with Gasteiger partial charge in [0.15, 0.2) is 0 Å². The molecule has 2 rings (SSSR count). The van der Waals surface area contributed by atoms with Crippen LogP contribution < -0.4 is 0 Å². The molecule has 0 saturated heterocycles. The molecular formula is C19H30. The number of hydrogen-bond acceptors (Lipinski definition) is 0. The first kappa shape index (κ1) is 14.6. The zero-order valence-electron chi connectivity index (χ0n) is 12.7. The minimum absolute atomic E-state index is 0.963. The predicted molar refractivity (Wildman–Crippen MR) is 84.6 cm³/mol. The van der Waals surface area contributed by atoms with E-state index in [9.17, 15) is 0 Å². The van der Waals surface area contributed by atoms with Crippen LogP contribution in [0.2, 0.25) is 0 Å². The fourth-order valence-electron chi connectivity index (χ4n) is 3.41. The summed E-state index contributed by atoms with van der Waals surface area (Å²) < 4.78 is 0. The highest BCUT2D eigenvalue weighted by Crippen LogP contribution is 2.28. The molecule has 1 aromatic rings. The van der Waals surface area contributed by atoms with Crippen LogP contribution in [0.15, 0.2) is 24.3 Å². The quantitative estimate of drug-likeness (QED) is 0.507. The van der Waals surface area contributed by atoms with Crippen LogP contribution in [0.5, 0.6) is 0 Å². The van der Waals surface area contributed by atoms with Crippen molar-refractivity contribution in [3.8, 4) is 0 Å². The van der Waals surface area contributed by atoms with E-state index < -0.39 is 0 Å². The molecule has 0 heteroatoms. The van der Waals surface area contributed by atoms with Gasteiger partial charge in [0.25, 0.3) is 0 Å². The molecule has 1 aliphatic carbocycles. The molecule has 0 amide bonds. The summed E-state index contributed by atoms with van der Waals surface area (Å²) in [6.45, 7) is 2.29. The third-order valence-electron chi connectivity index (χ3n) is 4.66. The molecule has 19 heavy (non-hydrogen) atoms. The first-order chi connectivity index (χ1) is 9.40. The van der Waals surface area contributed by atoms with Crippen LogP contribution >= 0.6 is 0 Å². The smallest absolute Gasteiger partial charge is 0.0248 e. The molecule has 0 nitrogen and oxygen atoms in total. The Hall–Kier alpha value is -0.780. The van der Waals surface area contributed by atoms with E-state index in [4.69, 9.17) is 0 Å². The first-order valence-electron chi connectivity index (χ1n) is 8.47. The van der Waals surface area contributed by atoms with Gasteiger partial charge >= 0.3 is 0 Å². The second kappa shape index (κ2) is 8.40. The molecule has 0 heterocycles. The average Bonchev–Trinajstić information content (AvgIpc) is 2.46. The summed E-state index contributed by atoms with van der Waals surface area (Å²) in [5, 5.41) is 0. The topological polar surface area (TPSA) is 0 Å². The maximum Gasteiger partial charge on any atom is -0.0248 e. The Morgan fingerprint density at radius 3 is 2.37 bits per heavy atom. The SMILES string of the molecule is CCCCCCCCCC1CCc2ccccc2C1. The van der Waals surface area contributed by atoms with Crippen LogP contribution in [0.25, 0.3) is 0 Å². The summed E-state index contributed by atoms with van der Waals surface area (Å²) in [5.41, 5.74) is 3.24. The third-order valence-corrected chi connectivity index (χ3v) is 4.66. The molecular weight excluding hydrogens is 228 g/mol. The lowest BCUT2D eigenvalue weighted by molar-refractivity contribution is 0.404. The first-order valence-corrected chi connectivity index (χ1v) is 8.47. The fourth-order valence-corrected chi connectivity index (χ4v) is 3.41. The molecule has 1 atom stereocenters. The van der Waals surface area contributed by atoms with E-state index in [0.29, 0.717) is 0 Å². The fraction of sp³-hybridized carbons (Fsp3) is 0.684. The van der Waals surface area contributed by atoms with Gasteiger partial charge in [-0.05, 0) is 36.3 Å². The van der Waals surface area contributed by atoms with E-state index in [1.54, 1.807) is 11.1 Å². The highest BCUT2D eigenvalue weighted by Gasteiger charge is 2.17. The molecule has 106 valence electrons. The second-order valence-electron chi connectivity index (χ2n) is 6.29. The van der Waals surface area contributed by atoms with Crippen molar-refractivity contribution in [1.29, 1.82) is 0 Å². The monoisotopic (exact) mass is 258 g/mol. The molecule has 1 aromatic carbocycles. The lowest BCUT2D eigenvalue weighted by Crippen LogP contribution is -2.14. The van der Waals surface area contributed by atoms with Gasteiger partial charge in [0, 0.05) is 0 Å². The number of rotatable bonds is 8. The zero-order valence-corrected chi connectivity index (χ0v) is 12.7. The molecule has 1 aliphatic rings. The van der Waals surface area contributed by atoms with Crippen molar-refractivity contribution >= 4 is 0 Å². The number of unbranched alkanes of at least 4 members (excludes halogenated alkanes) is 6. The molecule has 0 fully saturated rings. The van der Waals surface area contributed by atoms with E-state index >= 15 is 0 Å². The summed E-state index contributed by atoms with van der Waals surface area (Å²) in [6, 6.07) is 9.05. The predicted octanol–water partition coefficient (Wildman–Crippen LogP) is 5.93. The van der Waals surface area contributed by atoms with Gasteiger partial charge in [0.05, 0.1) is 0 Å². The summed E-state index contributed by atoms with van der Waals surface area (Å²) in [4.78, 5) is 0. The molecule has 0 bridgehead atoms. The molecule has 0 N–H and O–H groups in total. The largest absolute Gasteiger partial charge is 0.0654 e. The minimum Gasteiger partial charge on any atom is -0.0654 e. The maximum absolute atomic E-state index is 2.34. The van der Waals surface area contributed by atoms with Gasteiger partial charge in [0.2, 0.25) is 0 Å².